The number of ether oxygens (including phenoxy) is 1. The summed E-state index contributed by atoms with van der Waals surface area (Å²) < 4.78 is 4.67. The molecule has 1 unspecified atom stereocenters. The van der Waals surface area contributed by atoms with Crippen LogP contribution in [0.5, 0.6) is 0 Å². The maximum absolute atomic E-state index is 11.7. The van der Waals surface area contributed by atoms with Gasteiger partial charge in [0.25, 0.3) is 0 Å². The summed E-state index contributed by atoms with van der Waals surface area (Å²) in [6.45, 7) is 2.16. The molecule has 1 rings (SSSR count). The van der Waals surface area contributed by atoms with Crippen molar-refractivity contribution in [1.29, 1.82) is 0 Å². The van der Waals surface area contributed by atoms with Crippen LogP contribution in [0.25, 0.3) is 0 Å². The predicted octanol–water partition coefficient (Wildman–Crippen LogP) is 2.73. The molecule has 16 heavy (non-hydrogen) atoms. The van der Waals surface area contributed by atoms with Crippen LogP contribution in [-0.2, 0) is 14.3 Å². The van der Waals surface area contributed by atoms with Gasteiger partial charge < -0.3 is 4.74 Å². The largest absolute Gasteiger partial charge is 0.469 e. The van der Waals surface area contributed by atoms with Crippen LogP contribution in [0.15, 0.2) is 0 Å². The van der Waals surface area contributed by atoms with Crippen molar-refractivity contribution in [3.05, 3.63) is 0 Å². The monoisotopic (exact) mass is 226 g/mol. The van der Waals surface area contributed by atoms with E-state index in [1.807, 2.05) is 0 Å². The van der Waals surface area contributed by atoms with Crippen LogP contribution in [0.3, 0.4) is 0 Å². The zero-order valence-corrected chi connectivity index (χ0v) is 10.3. The van der Waals surface area contributed by atoms with Gasteiger partial charge >= 0.3 is 5.97 Å². The molecule has 0 amide bonds. The number of carbonyl (C=O) groups excluding carboxylic acids is 2. The van der Waals surface area contributed by atoms with Crippen molar-refractivity contribution < 1.29 is 14.3 Å². The molecule has 0 heterocycles. The van der Waals surface area contributed by atoms with Crippen molar-refractivity contribution in [2.75, 3.05) is 7.11 Å². The first-order valence-corrected chi connectivity index (χ1v) is 6.28. The molecule has 0 saturated heterocycles. The van der Waals surface area contributed by atoms with Crippen molar-refractivity contribution in [2.45, 2.75) is 51.9 Å². The van der Waals surface area contributed by atoms with Gasteiger partial charge in [0.2, 0.25) is 0 Å². The maximum Gasteiger partial charge on any atom is 0.305 e. The summed E-state index contributed by atoms with van der Waals surface area (Å²) in [5, 5.41) is 0. The molecule has 0 spiro atoms. The molecular weight excluding hydrogens is 204 g/mol. The van der Waals surface area contributed by atoms with Crippen molar-refractivity contribution >= 4 is 11.8 Å². The van der Waals surface area contributed by atoms with E-state index in [4.69, 9.17) is 0 Å². The Morgan fingerprint density at radius 2 is 2.19 bits per heavy atom. The van der Waals surface area contributed by atoms with Gasteiger partial charge in [0.1, 0.15) is 5.78 Å². The summed E-state index contributed by atoms with van der Waals surface area (Å²) >= 11 is 0. The molecule has 0 aromatic rings. The second kappa shape index (κ2) is 6.66. The maximum atomic E-state index is 11.7. The van der Waals surface area contributed by atoms with Crippen LogP contribution in [0.4, 0.5) is 0 Å². The van der Waals surface area contributed by atoms with Crippen LogP contribution >= 0.6 is 0 Å². The summed E-state index contributed by atoms with van der Waals surface area (Å²) in [4.78, 5) is 22.9. The number of methoxy groups -OCH3 is 1. The number of unbranched alkanes of at least 4 members (excludes halogenated alkanes) is 2. The van der Waals surface area contributed by atoms with E-state index in [0.717, 1.165) is 19.3 Å². The third kappa shape index (κ3) is 3.62. The van der Waals surface area contributed by atoms with Gasteiger partial charge in [-0.3, -0.25) is 9.59 Å². The Labute approximate surface area is 97.5 Å². The number of esters is 1. The Morgan fingerprint density at radius 1 is 1.44 bits per heavy atom. The number of hydrogen-bond donors (Lipinski definition) is 0. The fourth-order valence-corrected chi connectivity index (χ4v) is 2.53. The Bertz CT molecular complexity index is 248. The quantitative estimate of drug-likeness (QED) is 0.516. The molecule has 3 nitrogen and oxygen atoms in total. The van der Waals surface area contributed by atoms with Gasteiger partial charge in [0.15, 0.2) is 0 Å². The van der Waals surface area contributed by atoms with Crippen molar-refractivity contribution in [3.63, 3.8) is 0 Å². The minimum absolute atomic E-state index is 0.116. The smallest absolute Gasteiger partial charge is 0.305 e. The van der Waals surface area contributed by atoms with Gasteiger partial charge in [0, 0.05) is 18.8 Å². The lowest BCUT2D eigenvalue weighted by Gasteiger charge is -2.16. The Morgan fingerprint density at radius 3 is 2.81 bits per heavy atom. The van der Waals surface area contributed by atoms with E-state index in [1.165, 1.54) is 20.0 Å². The number of ketones is 1. The van der Waals surface area contributed by atoms with E-state index < -0.39 is 0 Å². The van der Waals surface area contributed by atoms with E-state index in [-0.39, 0.29) is 17.8 Å². The van der Waals surface area contributed by atoms with Gasteiger partial charge in [-0.1, -0.05) is 26.2 Å². The highest BCUT2D eigenvalue weighted by atomic mass is 16.5. The van der Waals surface area contributed by atoms with E-state index in [2.05, 4.69) is 11.7 Å². The first-order valence-electron chi connectivity index (χ1n) is 6.28. The summed E-state index contributed by atoms with van der Waals surface area (Å²) in [6.07, 6.45) is 6.33. The highest BCUT2D eigenvalue weighted by Gasteiger charge is 2.35. The highest BCUT2D eigenvalue weighted by Crippen LogP contribution is 2.35. The molecule has 2 atom stereocenters. The average molecular weight is 226 g/mol. The minimum atomic E-state index is -0.180. The second-order valence-corrected chi connectivity index (χ2v) is 4.65. The topological polar surface area (TPSA) is 43.4 Å². The Hall–Kier alpha value is -0.860. The lowest BCUT2D eigenvalue weighted by atomic mass is 9.88. The Kier molecular flexibility index (Phi) is 5.50. The van der Waals surface area contributed by atoms with Gasteiger partial charge in [-0.15, -0.1) is 0 Å². The third-order valence-electron chi connectivity index (χ3n) is 3.52. The fourth-order valence-electron chi connectivity index (χ4n) is 2.53. The van der Waals surface area contributed by atoms with Crippen molar-refractivity contribution in [1.82, 2.24) is 0 Å². The lowest BCUT2D eigenvalue weighted by Crippen LogP contribution is -2.18. The number of hydrogen-bond acceptors (Lipinski definition) is 3. The zero-order valence-electron chi connectivity index (χ0n) is 10.3. The molecular formula is C13H22O3. The molecule has 1 aliphatic rings. The molecule has 0 radical (unpaired) electrons. The average Bonchev–Trinajstić information content (AvgIpc) is 2.61. The molecule has 1 fully saturated rings. The number of rotatable bonds is 6. The first-order chi connectivity index (χ1) is 7.69. The first kappa shape index (κ1) is 13.2. The van der Waals surface area contributed by atoms with Crippen LogP contribution in [0.2, 0.25) is 0 Å². The second-order valence-electron chi connectivity index (χ2n) is 4.65. The fraction of sp³-hybridized carbons (Fsp3) is 0.846. The van der Waals surface area contributed by atoms with Gasteiger partial charge in [0.05, 0.1) is 7.11 Å². The van der Waals surface area contributed by atoms with E-state index in [9.17, 15) is 9.59 Å². The predicted molar refractivity (Wildman–Crippen MR) is 62.0 cm³/mol. The molecule has 1 saturated carbocycles. The molecule has 0 aromatic carbocycles. The minimum Gasteiger partial charge on any atom is -0.469 e. The normalized spacial score (nSPS) is 24.8. The third-order valence-corrected chi connectivity index (χ3v) is 3.52. The van der Waals surface area contributed by atoms with Crippen molar-refractivity contribution in [3.8, 4) is 0 Å². The summed E-state index contributed by atoms with van der Waals surface area (Å²) in [7, 11) is 1.41. The lowest BCUT2D eigenvalue weighted by molar-refractivity contribution is -0.142. The summed E-state index contributed by atoms with van der Waals surface area (Å²) in [5.74, 6) is 0.521. The SMILES string of the molecule is CCCCCC1C(=O)CC[C@@H]1CC(=O)OC. The van der Waals surface area contributed by atoms with E-state index >= 15 is 0 Å². The molecule has 0 aliphatic heterocycles. The highest BCUT2D eigenvalue weighted by molar-refractivity contribution is 5.84. The van der Waals surface area contributed by atoms with Gasteiger partial charge in [-0.2, -0.15) is 0 Å². The van der Waals surface area contributed by atoms with Crippen LogP contribution in [0, 0.1) is 11.8 Å². The van der Waals surface area contributed by atoms with Crippen molar-refractivity contribution in [2.24, 2.45) is 11.8 Å². The Balaban J connectivity index is 2.42. The number of Topliss-reactive ketones (excluding diaryl/α,β-unsaturated/α-hetero) is 1. The molecule has 3 heteroatoms. The van der Waals surface area contributed by atoms with Crippen LogP contribution in [-0.4, -0.2) is 18.9 Å². The molecule has 1 aliphatic carbocycles. The van der Waals surface area contributed by atoms with E-state index in [0.29, 0.717) is 18.6 Å². The zero-order chi connectivity index (χ0) is 12.0. The molecule has 0 N–H and O–H groups in total. The number of carbonyl (C=O) groups is 2. The summed E-state index contributed by atoms with van der Waals surface area (Å²) in [6, 6.07) is 0. The molecule has 0 bridgehead atoms. The van der Waals surface area contributed by atoms with Gasteiger partial charge in [-0.05, 0) is 18.8 Å². The standard InChI is InChI=1S/C13H22O3/c1-3-4-5-6-11-10(7-8-12(11)14)9-13(15)16-2/h10-11H,3-9H2,1-2H3/t10-,11?/m1/s1. The van der Waals surface area contributed by atoms with Crippen LogP contribution < -0.4 is 0 Å². The van der Waals surface area contributed by atoms with Gasteiger partial charge in [-0.25, -0.2) is 0 Å². The molecule has 92 valence electrons. The molecule has 0 aromatic heterocycles. The summed E-state index contributed by atoms with van der Waals surface area (Å²) in [5.41, 5.74) is 0. The van der Waals surface area contributed by atoms with Crippen LogP contribution in [0.1, 0.15) is 51.9 Å². The van der Waals surface area contributed by atoms with E-state index in [1.54, 1.807) is 0 Å².